The predicted molar refractivity (Wildman–Crippen MR) is 72.4 cm³/mol. The first-order valence-electron chi connectivity index (χ1n) is 5.85. The first kappa shape index (κ1) is 15.3. The highest BCUT2D eigenvalue weighted by molar-refractivity contribution is 5.99. The minimum atomic E-state index is -0.269. The summed E-state index contributed by atoms with van der Waals surface area (Å²) in [5, 5.41) is 2.75. The summed E-state index contributed by atoms with van der Waals surface area (Å²) < 4.78 is 15.2. The molecule has 0 saturated heterocycles. The van der Waals surface area contributed by atoms with Crippen LogP contribution in [0.1, 0.15) is 10.4 Å². The van der Waals surface area contributed by atoms with E-state index < -0.39 is 0 Å². The maximum atomic E-state index is 12.0. The molecule has 1 amide bonds. The van der Waals surface area contributed by atoms with Gasteiger partial charge < -0.3 is 25.3 Å². The SMILES string of the molecule is COCC(CNC(=O)c1cc(OC)ccc1N)OC. The molecule has 0 aliphatic heterocycles. The third-order valence-electron chi connectivity index (χ3n) is 2.68. The molecule has 0 fully saturated rings. The number of hydrogen-bond donors (Lipinski definition) is 2. The molecule has 19 heavy (non-hydrogen) atoms. The molecule has 1 aromatic rings. The molecular formula is C13H20N2O4. The molecule has 0 spiro atoms. The van der Waals surface area contributed by atoms with Gasteiger partial charge in [0.25, 0.3) is 5.91 Å². The van der Waals surface area contributed by atoms with Crippen LogP contribution in [0, 0.1) is 0 Å². The molecule has 1 aromatic carbocycles. The minimum Gasteiger partial charge on any atom is -0.497 e. The maximum Gasteiger partial charge on any atom is 0.253 e. The number of anilines is 1. The molecule has 1 rings (SSSR count). The lowest BCUT2D eigenvalue weighted by Gasteiger charge is -2.15. The van der Waals surface area contributed by atoms with Crippen LogP contribution < -0.4 is 15.8 Å². The number of hydrogen-bond acceptors (Lipinski definition) is 5. The second-order valence-electron chi connectivity index (χ2n) is 3.98. The number of rotatable bonds is 7. The van der Waals surface area contributed by atoms with Gasteiger partial charge in [0.05, 0.1) is 25.4 Å². The van der Waals surface area contributed by atoms with Crippen LogP contribution in [0.5, 0.6) is 5.75 Å². The number of benzene rings is 1. The van der Waals surface area contributed by atoms with Crippen LogP contribution in [0.4, 0.5) is 5.69 Å². The van der Waals surface area contributed by atoms with Gasteiger partial charge in [-0.05, 0) is 18.2 Å². The second-order valence-corrected chi connectivity index (χ2v) is 3.98. The second kappa shape index (κ2) is 7.60. The van der Waals surface area contributed by atoms with Crippen molar-refractivity contribution in [3.63, 3.8) is 0 Å². The van der Waals surface area contributed by atoms with E-state index in [0.29, 0.717) is 30.2 Å². The fourth-order valence-electron chi connectivity index (χ4n) is 1.56. The Morgan fingerprint density at radius 1 is 1.37 bits per heavy atom. The quantitative estimate of drug-likeness (QED) is 0.710. The Balaban J connectivity index is 2.67. The Morgan fingerprint density at radius 3 is 2.68 bits per heavy atom. The van der Waals surface area contributed by atoms with Gasteiger partial charge in [-0.1, -0.05) is 0 Å². The zero-order valence-electron chi connectivity index (χ0n) is 11.4. The van der Waals surface area contributed by atoms with Gasteiger partial charge in [-0.15, -0.1) is 0 Å². The lowest BCUT2D eigenvalue weighted by atomic mass is 10.1. The van der Waals surface area contributed by atoms with Gasteiger partial charge in [-0.25, -0.2) is 0 Å². The lowest BCUT2D eigenvalue weighted by molar-refractivity contribution is 0.0285. The van der Waals surface area contributed by atoms with Gasteiger partial charge in [0.15, 0.2) is 0 Å². The van der Waals surface area contributed by atoms with Gasteiger partial charge in [-0.3, -0.25) is 4.79 Å². The smallest absolute Gasteiger partial charge is 0.253 e. The van der Waals surface area contributed by atoms with Gasteiger partial charge in [0.2, 0.25) is 0 Å². The van der Waals surface area contributed by atoms with E-state index in [1.165, 1.54) is 7.11 Å². The molecule has 0 saturated carbocycles. The first-order valence-corrected chi connectivity index (χ1v) is 5.85. The minimum absolute atomic E-state index is 0.194. The highest BCUT2D eigenvalue weighted by atomic mass is 16.5. The van der Waals surface area contributed by atoms with Crippen molar-refractivity contribution >= 4 is 11.6 Å². The number of nitrogens with two attached hydrogens (primary N) is 1. The number of carbonyl (C=O) groups is 1. The standard InChI is InChI=1S/C13H20N2O4/c1-17-8-10(19-3)7-15-13(16)11-6-9(18-2)4-5-12(11)14/h4-6,10H,7-8,14H2,1-3H3,(H,15,16). The summed E-state index contributed by atoms with van der Waals surface area (Å²) in [4.78, 5) is 12.0. The molecule has 6 nitrogen and oxygen atoms in total. The summed E-state index contributed by atoms with van der Waals surface area (Å²) in [6.45, 7) is 0.754. The van der Waals surface area contributed by atoms with E-state index >= 15 is 0 Å². The average Bonchev–Trinajstić information content (AvgIpc) is 2.43. The van der Waals surface area contributed by atoms with Crippen LogP contribution in [-0.4, -0.2) is 46.5 Å². The summed E-state index contributed by atoms with van der Waals surface area (Å²) in [5.74, 6) is 0.314. The van der Waals surface area contributed by atoms with E-state index in [-0.39, 0.29) is 12.0 Å². The monoisotopic (exact) mass is 268 g/mol. The lowest BCUT2D eigenvalue weighted by Crippen LogP contribution is -2.35. The molecule has 0 heterocycles. The third-order valence-corrected chi connectivity index (χ3v) is 2.68. The van der Waals surface area contributed by atoms with Crippen LogP contribution in [0.15, 0.2) is 18.2 Å². The summed E-state index contributed by atoms with van der Waals surface area (Å²) in [6.07, 6.45) is -0.194. The van der Waals surface area contributed by atoms with Crippen LogP contribution in [0.25, 0.3) is 0 Å². The van der Waals surface area contributed by atoms with Crippen molar-refractivity contribution < 1.29 is 19.0 Å². The number of amides is 1. The van der Waals surface area contributed by atoms with Crippen LogP contribution >= 0.6 is 0 Å². The zero-order chi connectivity index (χ0) is 14.3. The Labute approximate surface area is 112 Å². The molecule has 0 radical (unpaired) electrons. The average molecular weight is 268 g/mol. The van der Waals surface area contributed by atoms with E-state index in [2.05, 4.69) is 5.32 Å². The Morgan fingerprint density at radius 2 is 2.11 bits per heavy atom. The van der Waals surface area contributed by atoms with Gasteiger partial charge in [0.1, 0.15) is 5.75 Å². The first-order chi connectivity index (χ1) is 9.12. The molecule has 6 heteroatoms. The maximum absolute atomic E-state index is 12.0. The molecule has 106 valence electrons. The predicted octanol–water partition coefficient (Wildman–Crippen LogP) is 0.669. The molecule has 0 aliphatic carbocycles. The van der Waals surface area contributed by atoms with E-state index in [4.69, 9.17) is 19.9 Å². The van der Waals surface area contributed by atoms with Crippen molar-refractivity contribution in [3.8, 4) is 5.75 Å². The van der Waals surface area contributed by atoms with Crippen molar-refractivity contribution in [1.82, 2.24) is 5.32 Å². The largest absolute Gasteiger partial charge is 0.497 e. The van der Waals surface area contributed by atoms with Gasteiger partial charge >= 0.3 is 0 Å². The van der Waals surface area contributed by atoms with E-state index in [1.807, 2.05) is 0 Å². The van der Waals surface area contributed by atoms with E-state index in [0.717, 1.165) is 0 Å². The van der Waals surface area contributed by atoms with Crippen molar-refractivity contribution in [2.24, 2.45) is 0 Å². The topological polar surface area (TPSA) is 82.8 Å². The van der Waals surface area contributed by atoms with Crippen molar-refractivity contribution in [2.75, 3.05) is 40.2 Å². The third kappa shape index (κ3) is 4.42. The molecule has 1 unspecified atom stereocenters. The molecule has 1 atom stereocenters. The Kier molecular flexibility index (Phi) is 6.11. The highest BCUT2D eigenvalue weighted by Crippen LogP contribution is 2.19. The number of carbonyl (C=O) groups excluding carboxylic acids is 1. The fourth-order valence-corrected chi connectivity index (χ4v) is 1.56. The molecule has 0 aromatic heterocycles. The van der Waals surface area contributed by atoms with Crippen molar-refractivity contribution in [1.29, 1.82) is 0 Å². The normalized spacial score (nSPS) is 11.9. The van der Waals surface area contributed by atoms with Crippen LogP contribution in [0.2, 0.25) is 0 Å². The van der Waals surface area contributed by atoms with Crippen LogP contribution in [0.3, 0.4) is 0 Å². The zero-order valence-corrected chi connectivity index (χ0v) is 11.4. The van der Waals surface area contributed by atoms with Crippen molar-refractivity contribution in [2.45, 2.75) is 6.10 Å². The number of nitrogen functional groups attached to an aromatic ring is 1. The van der Waals surface area contributed by atoms with E-state index in [1.54, 1.807) is 32.4 Å². The van der Waals surface area contributed by atoms with Crippen LogP contribution in [-0.2, 0) is 9.47 Å². The Hall–Kier alpha value is -1.79. The highest BCUT2D eigenvalue weighted by Gasteiger charge is 2.13. The van der Waals surface area contributed by atoms with E-state index in [9.17, 15) is 4.79 Å². The van der Waals surface area contributed by atoms with Crippen molar-refractivity contribution in [3.05, 3.63) is 23.8 Å². The number of methoxy groups -OCH3 is 3. The van der Waals surface area contributed by atoms with Gasteiger partial charge in [-0.2, -0.15) is 0 Å². The summed E-state index contributed by atoms with van der Waals surface area (Å²) in [6, 6.07) is 4.94. The molecular weight excluding hydrogens is 248 g/mol. The number of nitrogens with one attached hydrogen (secondary N) is 1. The molecule has 0 aliphatic rings. The fraction of sp³-hybridized carbons (Fsp3) is 0.462. The number of ether oxygens (including phenoxy) is 3. The molecule has 0 bridgehead atoms. The summed E-state index contributed by atoms with van der Waals surface area (Å²) in [5.41, 5.74) is 6.55. The van der Waals surface area contributed by atoms with Gasteiger partial charge in [0, 0.05) is 26.5 Å². The molecule has 3 N–H and O–H groups in total. The summed E-state index contributed by atoms with van der Waals surface area (Å²) >= 11 is 0. The summed E-state index contributed by atoms with van der Waals surface area (Å²) in [7, 11) is 4.68. The Bertz CT molecular complexity index is 423.